The molecule has 0 radical (unpaired) electrons. The third-order valence-corrected chi connectivity index (χ3v) is 5.67. The van der Waals surface area contributed by atoms with E-state index < -0.39 is 24.0 Å². The number of ether oxygens (including phenoxy) is 2. The summed E-state index contributed by atoms with van der Waals surface area (Å²) < 4.78 is 10.6. The third kappa shape index (κ3) is 6.81. The number of rotatable bonds is 6. The van der Waals surface area contributed by atoms with Gasteiger partial charge in [-0.3, -0.25) is 10.1 Å². The predicted molar refractivity (Wildman–Crippen MR) is 110 cm³/mol. The van der Waals surface area contributed by atoms with E-state index in [4.69, 9.17) is 9.47 Å². The molecule has 0 unspecified atom stereocenters. The number of esters is 1. The van der Waals surface area contributed by atoms with Gasteiger partial charge < -0.3 is 19.7 Å². The molecule has 1 saturated heterocycles. The predicted octanol–water partition coefficient (Wildman–Crippen LogP) is 0.806. The van der Waals surface area contributed by atoms with Crippen molar-refractivity contribution in [1.29, 1.82) is 0 Å². The standard InChI is InChI=1S/C22H31N3O5/c1-16(20(26)24-22(28)23-19-5-3-2-4-6-19)30-21(27)18-9-7-17(8-10-18)15-25-11-13-29-14-12-25/h7-10,16,19H,2-6,11-15H2,1H3,(H2,23,24,26,28)/p+1/t16-/m1/s1. The highest BCUT2D eigenvalue weighted by Gasteiger charge is 2.23. The van der Waals surface area contributed by atoms with E-state index in [0.29, 0.717) is 5.56 Å². The first-order valence-corrected chi connectivity index (χ1v) is 10.8. The molecule has 2 aliphatic rings. The van der Waals surface area contributed by atoms with Crippen LogP contribution in [0.3, 0.4) is 0 Å². The van der Waals surface area contributed by atoms with E-state index in [1.807, 2.05) is 12.1 Å². The van der Waals surface area contributed by atoms with Gasteiger partial charge >= 0.3 is 12.0 Å². The molecule has 30 heavy (non-hydrogen) atoms. The summed E-state index contributed by atoms with van der Waals surface area (Å²) in [5.74, 6) is -1.22. The summed E-state index contributed by atoms with van der Waals surface area (Å²) in [6.45, 7) is 5.84. The fourth-order valence-corrected chi connectivity index (χ4v) is 3.85. The first-order valence-electron chi connectivity index (χ1n) is 10.8. The van der Waals surface area contributed by atoms with E-state index in [1.54, 1.807) is 12.1 Å². The van der Waals surface area contributed by atoms with Gasteiger partial charge in [0, 0.05) is 11.6 Å². The van der Waals surface area contributed by atoms with Crippen LogP contribution in [0.15, 0.2) is 24.3 Å². The van der Waals surface area contributed by atoms with Crippen molar-refractivity contribution in [3.05, 3.63) is 35.4 Å². The number of carbonyl (C=O) groups is 3. The summed E-state index contributed by atoms with van der Waals surface area (Å²) in [6, 6.07) is 6.78. The molecule has 1 aliphatic heterocycles. The van der Waals surface area contributed by atoms with Crippen molar-refractivity contribution < 1.29 is 28.8 Å². The minimum absolute atomic E-state index is 0.0993. The molecule has 1 aliphatic carbocycles. The molecule has 1 aromatic carbocycles. The van der Waals surface area contributed by atoms with Gasteiger partial charge in [-0.25, -0.2) is 9.59 Å². The van der Waals surface area contributed by atoms with Crippen LogP contribution in [0.1, 0.15) is 54.9 Å². The van der Waals surface area contributed by atoms with Crippen LogP contribution in [0, 0.1) is 0 Å². The fraction of sp³-hybridized carbons (Fsp3) is 0.591. The zero-order chi connectivity index (χ0) is 21.3. The number of amides is 3. The lowest BCUT2D eigenvalue weighted by atomic mass is 9.96. The number of carbonyl (C=O) groups excluding carboxylic acids is 3. The largest absolute Gasteiger partial charge is 0.449 e. The number of quaternary nitrogens is 1. The molecular formula is C22H32N3O5+. The van der Waals surface area contributed by atoms with Crippen LogP contribution in [-0.4, -0.2) is 56.4 Å². The van der Waals surface area contributed by atoms with Crippen LogP contribution in [0.25, 0.3) is 0 Å². The smallest absolute Gasteiger partial charge is 0.338 e. The van der Waals surface area contributed by atoms with Gasteiger partial charge in [-0.15, -0.1) is 0 Å². The maximum Gasteiger partial charge on any atom is 0.338 e. The first kappa shape index (κ1) is 22.2. The van der Waals surface area contributed by atoms with Crippen LogP contribution in [0.2, 0.25) is 0 Å². The first-order chi connectivity index (χ1) is 14.5. The zero-order valence-corrected chi connectivity index (χ0v) is 17.6. The Morgan fingerprint density at radius 2 is 1.77 bits per heavy atom. The van der Waals surface area contributed by atoms with E-state index in [9.17, 15) is 14.4 Å². The second-order valence-electron chi connectivity index (χ2n) is 8.08. The molecule has 2 fully saturated rings. The molecule has 1 atom stereocenters. The third-order valence-electron chi connectivity index (χ3n) is 5.67. The minimum Gasteiger partial charge on any atom is -0.449 e. The normalized spacial score (nSPS) is 19.0. The molecule has 0 aromatic heterocycles. The van der Waals surface area contributed by atoms with Crippen LogP contribution in [-0.2, 0) is 20.8 Å². The molecule has 1 saturated carbocycles. The summed E-state index contributed by atoms with van der Waals surface area (Å²) in [4.78, 5) is 38.0. The number of nitrogens with one attached hydrogen (secondary N) is 3. The second kappa shape index (κ2) is 11.1. The van der Waals surface area contributed by atoms with Crippen molar-refractivity contribution in [3.63, 3.8) is 0 Å². The lowest BCUT2D eigenvalue weighted by Gasteiger charge is -2.23. The van der Waals surface area contributed by atoms with E-state index in [0.717, 1.165) is 64.1 Å². The number of imide groups is 1. The number of benzene rings is 1. The highest BCUT2D eigenvalue weighted by Crippen LogP contribution is 2.17. The van der Waals surface area contributed by atoms with Gasteiger partial charge in [-0.05, 0) is 31.9 Å². The molecule has 3 N–H and O–H groups in total. The van der Waals surface area contributed by atoms with E-state index in [2.05, 4.69) is 10.6 Å². The van der Waals surface area contributed by atoms with E-state index in [1.165, 1.54) is 18.2 Å². The Kier molecular flexibility index (Phi) is 8.21. The summed E-state index contributed by atoms with van der Waals surface area (Å²) in [6.07, 6.45) is 4.14. The molecule has 0 spiro atoms. The van der Waals surface area contributed by atoms with Gasteiger partial charge in [0.2, 0.25) is 0 Å². The number of hydrogen-bond donors (Lipinski definition) is 3. The van der Waals surface area contributed by atoms with Crippen LogP contribution >= 0.6 is 0 Å². The molecule has 8 heteroatoms. The number of urea groups is 1. The molecule has 0 bridgehead atoms. The van der Waals surface area contributed by atoms with Crippen LogP contribution in [0.4, 0.5) is 4.79 Å². The van der Waals surface area contributed by atoms with Crippen LogP contribution < -0.4 is 15.5 Å². The Bertz CT molecular complexity index is 725. The Morgan fingerprint density at radius 3 is 2.43 bits per heavy atom. The molecule has 1 heterocycles. The van der Waals surface area contributed by atoms with Crippen molar-refractivity contribution in [2.45, 2.75) is 57.7 Å². The Labute approximate surface area is 177 Å². The maximum absolute atomic E-state index is 12.3. The summed E-state index contributed by atoms with van der Waals surface area (Å²) in [5, 5.41) is 5.07. The monoisotopic (exact) mass is 418 g/mol. The summed E-state index contributed by atoms with van der Waals surface area (Å²) in [5.41, 5.74) is 1.51. The van der Waals surface area contributed by atoms with Crippen molar-refractivity contribution in [1.82, 2.24) is 10.6 Å². The van der Waals surface area contributed by atoms with Crippen molar-refractivity contribution in [3.8, 4) is 0 Å². The Balaban J connectivity index is 1.43. The van der Waals surface area contributed by atoms with E-state index >= 15 is 0 Å². The Hall–Kier alpha value is -2.45. The minimum atomic E-state index is -1.06. The summed E-state index contributed by atoms with van der Waals surface area (Å²) in [7, 11) is 0. The topological polar surface area (TPSA) is 98.2 Å². The number of hydrogen-bond acceptors (Lipinski definition) is 5. The average molecular weight is 419 g/mol. The second-order valence-corrected chi connectivity index (χ2v) is 8.08. The molecule has 164 valence electrons. The van der Waals surface area contributed by atoms with Gasteiger partial charge in [-0.1, -0.05) is 31.4 Å². The van der Waals surface area contributed by atoms with Gasteiger partial charge in [0.05, 0.1) is 18.8 Å². The zero-order valence-electron chi connectivity index (χ0n) is 17.6. The molecule has 8 nitrogen and oxygen atoms in total. The highest BCUT2D eigenvalue weighted by atomic mass is 16.5. The molecule has 1 aromatic rings. The molecule has 3 rings (SSSR count). The Morgan fingerprint density at radius 1 is 1.10 bits per heavy atom. The van der Waals surface area contributed by atoms with Gasteiger partial charge in [-0.2, -0.15) is 0 Å². The van der Waals surface area contributed by atoms with Crippen molar-refractivity contribution in [2.24, 2.45) is 0 Å². The molecular weight excluding hydrogens is 386 g/mol. The van der Waals surface area contributed by atoms with Crippen LogP contribution in [0.5, 0.6) is 0 Å². The van der Waals surface area contributed by atoms with Crippen molar-refractivity contribution in [2.75, 3.05) is 26.3 Å². The number of morpholine rings is 1. The van der Waals surface area contributed by atoms with Gasteiger partial charge in [0.1, 0.15) is 19.6 Å². The van der Waals surface area contributed by atoms with Crippen molar-refractivity contribution >= 4 is 17.9 Å². The van der Waals surface area contributed by atoms with Gasteiger partial charge in [0.25, 0.3) is 5.91 Å². The fourth-order valence-electron chi connectivity index (χ4n) is 3.85. The lowest BCUT2D eigenvalue weighted by Crippen LogP contribution is -3.12. The highest BCUT2D eigenvalue weighted by molar-refractivity contribution is 5.98. The lowest BCUT2D eigenvalue weighted by molar-refractivity contribution is -0.921. The van der Waals surface area contributed by atoms with Gasteiger partial charge in [0.15, 0.2) is 6.10 Å². The maximum atomic E-state index is 12.3. The SMILES string of the molecule is C[C@@H](OC(=O)c1ccc(C[NH+]2CCOCC2)cc1)C(=O)NC(=O)NC1CCCCC1. The summed E-state index contributed by atoms with van der Waals surface area (Å²) >= 11 is 0. The molecule has 3 amide bonds. The quantitative estimate of drug-likeness (QED) is 0.594. The van der Waals surface area contributed by atoms with E-state index in [-0.39, 0.29) is 6.04 Å². The average Bonchev–Trinajstić information content (AvgIpc) is 2.75.